The van der Waals surface area contributed by atoms with Crippen LogP contribution in [0.3, 0.4) is 0 Å². The van der Waals surface area contributed by atoms with Gasteiger partial charge in [0.15, 0.2) is 0 Å². The van der Waals surface area contributed by atoms with Gasteiger partial charge in [-0.1, -0.05) is 27.2 Å². The van der Waals surface area contributed by atoms with Crippen LogP contribution in [0.5, 0.6) is 0 Å². The molecule has 4 heteroatoms. The van der Waals surface area contributed by atoms with Gasteiger partial charge in [-0.3, -0.25) is 5.43 Å². The van der Waals surface area contributed by atoms with E-state index in [2.05, 4.69) is 31.6 Å². The molecule has 1 fully saturated rings. The zero-order chi connectivity index (χ0) is 15.4. The second-order valence-electron chi connectivity index (χ2n) is 7.66. The largest absolute Gasteiger partial charge is 0.443 e. The minimum Gasteiger partial charge on any atom is -0.443 e. The highest BCUT2D eigenvalue weighted by molar-refractivity contribution is 5.67. The van der Waals surface area contributed by atoms with Crippen LogP contribution in [0.4, 0.5) is 4.79 Å². The lowest BCUT2D eigenvalue weighted by Crippen LogP contribution is -2.48. The molecule has 1 aliphatic carbocycles. The Kier molecular flexibility index (Phi) is 5.87. The SMILES string of the molecule is CCC(C)(C)C1CCC(NNC(=O)OC(C)(C)C)CC1. The summed E-state index contributed by atoms with van der Waals surface area (Å²) in [5, 5.41) is 0. The van der Waals surface area contributed by atoms with Crippen LogP contribution in [-0.4, -0.2) is 17.7 Å². The van der Waals surface area contributed by atoms with Gasteiger partial charge in [0.1, 0.15) is 5.60 Å². The highest BCUT2D eigenvalue weighted by atomic mass is 16.6. The quantitative estimate of drug-likeness (QED) is 0.767. The van der Waals surface area contributed by atoms with Gasteiger partial charge >= 0.3 is 6.09 Å². The molecule has 1 rings (SSSR count). The molecule has 0 aromatic heterocycles. The minimum atomic E-state index is -0.450. The van der Waals surface area contributed by atoms with Gasteiger partial charge in [0.05, 0.1) is 0 Å². The van der Waals surface area contributed by atoms with E-state index in [-0.39, 0.29) is 0 Å². The maximum absolute atomic E-state index is 11.6. The van der Waals surface area contributed by atoms with E-state index in [1.807, 2.05) is 20.8 Å². The molecule has 0 radical (unpaired) electrons. The van der Waals surface area contributed by atoms with E-state index in [0.29, 0.717) is 11.5 Å². The number of nitrogens with one attached hydrogen (secondary N) is 2. The number of rotatable bonds is 4. The van der Waals surface area contributed by atoms with Crippen molar-refractivity contribution in [2.24, 2.45) is 11.3 Å². The lowest BCUT2D eigenvalue weighted by molar-refractivity contribution is 0.0470. The molecule has 0 spiro atoms. The second-order valence-corrected chi connectivity index (χ2v) is 7.66. The number of ether oxygens (including phenoxy) is 1. The van der Waals surface area contributed by atoms with Crippen LogP contribution in [0.2, 0.25) is 0 Å². The Hall–Kier alpha value is -0.770. The van der Waals surface area contributed by atoms with Crippen molar-refractivity contribution in [3.05, 3.63) is 0 Å². The fourth-order valence-corrected chi connectivity index (χ4v) is 2.77. The van der Waals surface area contributed by atoms with Crippen molar-refractivity contribution in [3.63, 3.8) is 0 Å². The Morgan fingerprint density at radius 3 is 2.10 bits per heavy atom. The van der Waals surface area contributed by atoms with Gasteiger partial charge in [0.2, 0.25) is 0 Å². The number of carbonyl (C=O) groups is 1. The molecule has 1 saturated carbocycles. The molecule has 0 saturated heterocycles. The van der Waals surface area contributed by atoms with E-state index in [1.54, 1.807) is 0 Å². The lowest BCUT2D eigenvalue weighted by Gasteiger charge is -2.39. The van der Waals surface area contributed by atoms with E-state index >= 15 is 0 Å². The monoisotopic (exact) mass is 284 g/mol. The molecule has 0 aliphatic heterocycles. The lowest BCUT2D eigenvalue weighted by atomic mass is 9.69. The van der Waals surface area contributed by atoms with E-state index in [0.717, 1.165) is 18.8 Å². The van der Waals surface area contributed by atoms with Crippen LogP contribution >= 0.6 is 0 Å². The fourth-order valence-electron chi connectivity index (χ4n) is 2.77. The summed E-state index contributed by atoms with van der Waals surface area (Å²) in [5.74, 6) is 0.798. The molecular weight excluding hydrogens is 252 g/mol. The van der Waals surface area contributed by atoms with Gasteiger partial charge in [-0.25, -0.2) is 10.2 Å². The molecule has 0 bridgehead atoms. The van der Waals surface area contributed by atoms with Crippen molar-refractivity contribution in [2.45, 2.75) is 85.3 Å². The summed E-state index contributed by atoms with van der Waals surface area (Å²) in [6.45, 7) is 12.6. The molecular formula is C16H32N2O2. The van der Waals surface area contributed by atoms with E-state index in [4.69, 9.17) is 4.74 Å². The molecule has 0 heterocycles. The van der Waals surface area contributed by atoms with Gasteiger partial charge in [-0.15, -0.1) is 0 Å². The summed E-state index contributed by atoms with van der Waals surface area (Å²) >= 11 is 0. The Balaban J connectivity index is 2.28. The maximum Gasteiger partial charge on any atom is 0.422 e. The average molecular weight is 284 g/mol. The first-order valence-electron chi connectivity index (χ1n) is 7.88. The first kappa shape index (κ1) is 17.3. The van der Waals surface area contributed by atoms with E-state index in [1.165, 1.54) is 19.3 Å². The van der Waals surface area contributed by atoms with E-state index < -0.39 is 11.7 Å². The summed E-state index contributed by atoms with van der Waals surface area (Å²) in [5.41, 5.74) is 5.76. The Labute approximate surface area is 124 Å². The zero-order valence-corrected chi connectivity index (χ0v) is 14.0. The summed E-state index contributed by atoms with van der Waals surface area (Å²) < 4.78 is 5.21. The first-order chi connectivity index (χ1) is 9.14. The van der Waals surface area contributed by atoms with Crippen molar-refractivity contribution < 1.29 is 9.53 Å². The fraction of sp³-hybridized carbons (Fsp3) is 0.938. The molecule has 2 N–H and O–H groups in total. The Bertz CT molecular complexity index is 313. The predicted molar refractivity (Wildman–Crippen MR) is 82.3 cm³/mol. The molecule has 0 aromatic carbocycles. The van der Waals surface area contributed by atoms with Crippen LogP contribution in [0.15, 0.2) is 0 Å². The smallest absolute Gasteiger partial charge is 0.422 e. The molecule has 0 atom stereocenters. The summed E-state index contributed by atoms with van der Waals surface area (Å²) in [4.78, 5) is 11.6. The second kappa shape index (κ2) is 6.79. The normalized spacial score (nSPS) is 24.3. The average Bonchev–Trinajstić information content (AvgIpc) is 2.35. The van der Waals surface area contributed by atoms with Crippen molar-refractivity contribution in [2.75, 3.05) is 0 Å². The predicted octanol–water partition coefficient (Wildman–Crippen LogP) is 4.01. The Morgan fingerprint density at radius 1 is 1.10 bits per heavy atom. The highest BCUT2D eigenvalue weighted by Crippen LogP contribution is 2.40. The number of hydrogen-bond donors (Lipinski definition) is 2. The van der Waals surface area contributed by atoms with E-state index in [9.17, 15) is 4.79 Å². The van der Waals surface area contributed by atoms with Crippen molar-refractivity contribution >= 4 is 6.09 Å². The number of carbonyl (C=O) groups excluding carboxylic acids is 1. The van der Waals surface area contributed by atoms with Crippen LogP contribution < -0.4 is 10.9 Å². The molecule has 1 aliphatic rings. The molecule has 0 aromatic rings. The third-order valence-corrected chi connectivity index (χ3v) is 4.52. The molecule has 4 nitrogen and oxygen atoms in total. The van der Waals surface area contributed by atoms with Gasteiger partial charge in [0.25, 0.3) is 0 Å². The zero-order valence-electron chi connectivity index (χ0n) is 14.0. The third kappa shape index (κ3) is 5.70. The Morgan fingerprint density at radius 2 is 1.65 bits per heavy atom. The van der Waals surface area contributed by atoms with Gasteiger partial charge in [-0.05, 0) is 57.8 Å². The molecule has 0 unspecified atom stereocenters. The number of hydrazine groups is 1. The summed E-state index contributed by atoms with van der Waals surface area (Å²) in [7, 11) is 0. The molecule has 118 valence electrons. The minimum absolute atomic E-state index is 0.367. The van der Waals surface area contributed by atoms with Crippen LogP contribution in [0, 0.1) is 11.3 Å². The summed E-state index contributed by atoms with van der Waals surface area (Å²) in [6.07, 6.45) is 5.52. The first-order valence-corrected chi connectivity index (χ1v) is 7.88. The standard InChI is InChI=1S/C16H32N2O2/c1-7-16(5,6)12-8-10-13(11-9-12)17-18-14(19)20-15(2,3)4/h12-13,17H,7-11H2,1-6H3,(H,18,19). The third-order valence-electron chi connectivity index (χ3n) is 4.52. The number of hydrogen-bond acceptors (Lipinski definition) is 3. The van der Waals surface area contributed by atoms with Gasteiger partial charge < -0.3 is 4.74 Å². The topological polar surface area (TPSA) is 50.4 Å². The summed E-state index contributed by atoms with van der Waals surface area (Å²) in [6, 6.07) is 0.367. The van der Waals surface area contributed by atoms with Crippen LogP contribution in [0.1, 0.15) is 73.6 Å². The highest BCUT2D eigenvalue weighted by Gasteiger charge is 2.31. The van der Waals surface area contributed by atoms with Crippen LogP contribution in [0.25, 0.3) is 0 Å². The molecule has 1 amide bonds. The van der Waals surface area contributed by atoms with Gasteiger partial charge in [0, 0.05) is 6.04 Å². The van der Waals surface area contributed by atoms with Crippen LogP contribution in [-0.2, 0) is 4.74 Å². The van der Waals surface area contributed by atoms with Crippen molar-refractivity contribution in [3.8, 4) is 0 Å². The van der Waals surface area contributed by atoms with Gasteiger partial charge in [-0.2, -0.15) is 0 Å². The maximum atomic E-state index is 11.6. The van der Waals surface area contributed by atoms with Crippen molar-refractivity contribution in [1.82, 2.24) is 10.9 Å². The number of amides is 1. The molecule has 20 heavy (non-hydrogen) atoms. The van der Waals surface area contributed by atoms with Crippen molar-refractivity contribution in [1.29, 1.82) is 0 Å².